The van der Waals surface area contributed by atoms with Crippen molar-refractivity contribution in [1.82, 2.24) is 10.3 Å². The third-order valence-electron chi connectivity index (χ3n) is 5.51. The number of nitrogens with one attached hydrogen (secondary N) is 1. The van der Waals surface area contributed by atoms with Crippen molar-refractivity contribution in [3.05, 3.63) is 53.5 Å². The number of nitrogens with zero attached hydrogens (tertiary/aromatic N) is 1. The van der Waals surface area contributed by atoms with Crippen LogP contribution in [0.25, 0.3) is 11.3 Å². The van der Waals surface area contributed by atoms with Crippen LogP contribution in [0.2, 0.25) is 0 Å². The van der Waals surface area contributed by atoms with E-state index in [9.17, 15) is 14.3 Å². The van der Waals surface area contributed by atoms with E-state index < -0.39 is 22.8 Å². The van der Waals surface area contributed by atoms with Crippen LogP contribution in [0.1, 0.15) is 72.6 Å². The number of aromatic nitrogens is 1. The molecule has 1 fully saturated rings. The van der Waals surface area contributed by atoms with Gasteiger partial charge in [0, 0.05) is 12.1 Å². The van der Waals surface area contributed by atoms with Gasteiger partial charge in [-0.1, -0.05) is 13.8 Å². The molecule has 1 saturated carbocycles. The molecule has 0 spiro atoms. The summed E-state index contributed by atoms with van der Waals surface area (Å²) in [7, 11) is 0. The van der Waals surface area contributed by atoms with Crippen LogP contribution in [0.5, 0.6) is 0 Å². The highest BCUT2D eigenvalue weighted by molar-refractivity contribution is 5.69. The maximum atomic E-state index is 13.4. The molecule has 7 heteroatoms. The van der Waals surface area contributed by atoms with E-state index in [-0.39, 0.29) is 18.3 Å². The monoisotopic (exact) mass is 459 g/mol. The Kier molecular flexibility index (Phi) is 8.25. The number of hydrogen-bond acceptors (Lipinski definition) is 5. The first-order valence-corrected chi connectivity index (χ1v) is 11.6. The maximum Gasteiger partial charge on any atom is 0.408 e. The molecule has 0 aliphatic heterocycles. The largest absolute Gasteiger partial charge is 0.444 e. The number of amides is 1. The summed E-state index contributed by atoms with van der Waals surface area (Å²) < 4.78 is 18.9. The Morgan fingerprint density at radius 2 is 1.73 bits per heavy atom. The van der Waals surface area contributed by atoms with Gasteiger partial charge in [-0.15, -0.1) is 0 Å². The lowest BCUT2D eigenvalue weighted by Crippen LogP contribution is -2.44. The highest BCUT2D eigenvalue weighted by Crippen LogP contribution is 2.45. The molecule has 1 atom stereocenters. The molecule has 3 rings (SSSR count). The first-order valence-electron chi connectivity index (χ1n) is 11.6. The lowest BCUT2D eigenvalue weighted by Gasteiger charge is -2.32. The smallest absolute Gasteiger partial charge is 0.408 e. The summed E-state index contributed by atoms with van der Waals surface area (Å²) in [5.74, 6) is -0.299. The van der Waals surface area contributed by atoms with Gasteiger partial charge in [-0.3, -0.25) is 0 Å². The molecule has 0 radical (unpaired) electrons. The lowest BCUT2D eigenvalue weighted by molar-refractivity contribution is 0.0178. The molecule has 1 unspecified atom stereocenters. The van der Waals surface area contributed by atoms with Crippen molar-refractivity contribution < 1.29 is 19.0 Å². The second-order valence-electron chi connectivity index (χ2n) is 9.79. The van der Waals surface area contributed by atoms with Gasteiger partial charge in [-0.25, -0.2) is 14.2 Å². The second-order valence-corrected chi connectivity index (χ2v) is 9.79. The molecule has 4 N–H and O–H groups in total. The molecule has 182 valence electrons. The van der Waals surface area contributed by atoms with Crippen LogP contribution in [-0.4, -0.2) is 28.3 Å². The Balaban J connectivity index is 0.00000187. The number of aliphatic hydroxyl groups is 1. The van der Waals surface area contributed by atoms with Crippen LogP contribution in [0.3, 0.4) is 0 Å². The first kappa shape index (κ1) is 26.7. The van der Waals surface area contributed by atoms with E-state index >= 15 is 0 Å². The molecule has 1 heterocycles. The summed E-state index contributed by atoms with van der Waals surface area (Å²) >= 11 is 0. The van der Waals surface area contributed by atoms with E-state index in [2.05, 4.69) is 5.32 Å². The van der Waals surface area contributed by atoms with E-state index in [1.165, 1.54) is 12.1 Å². The molecule has 1 aromatic heterocycles. The summed E-state index contributed by atoms with van der Waals surface area (Å²) in [5.41, 5.74) is 5.71. The fourth-order valence-corrected chi connectivity index (χ4v) is 3.55. The highest BCUT2D eigenvalue weighted by atomic mass is 19.1. The van der Waals surface area contributed by atoms with Crippen molar-refractivity contribution in [3.63, 3.8) is 0 Å². The number of alkyl carbamates (subject to hydrolysis) is 1. The quantitative estimate of drug-likeness (QED) is 0.549. The summed E-state index contributed by atoms with van der Waals surface area (Å²) in [4.78, 5) is 17.1. The van der Waals surface area contributed by atoms with Gasteiger partial charge < -0.3 is 20.9 Å². The van der Waals surface area contributed by atoms with Gasteiger partial charge >= 0.3 is 6.09 Å². The number of benzene rings is 1. The summed E-state index contributed by atoms with van der Waals surface area (Å²) in [6.45, 7) is 13.1. The molecular formula is C26H38FN3O3. The Morgan fingerprint density at radius 1 is 1.15 bits per heavy atom. The van der Waals surface area contributed by atoms with E-state index in [1.807, 2.05) is 33.8 Å². The standard InChI is InChI=1S/C24H32FN3O3.C2H6/c1-22(2,3)31-21(29)28-23(4,5)17-12-19(15-6-10-18(25)11-7-15)27-20(13-17)24(30,14-26)16-8-9-16;1-2/h6-7,10-13,16,30H,8-9,14,26H2,1-5H3,(H,28,29);1-2H3. The SMILES string of the molecule is CC.CC(C)(C)OC(=O)NC(C)(C)c1cc(-c2ccc(F)cc2)nc(C(O)(CN)C2CC2)c1. The number of halogens is 1. The number of carbonyl (C=O) groups is 1. The minimum atomic E-state index is -1.26. The minimum Gasteiger partial charge on any atom is -0.444 e. The fourth-order valence-electron chi connectivity index (χ4n) is 3.55. The molecule has 1 aromatic carbocycles. The van der Waals surface area contributed by atoms with Crippen LogP contribution in [0.15, 0.2) is 36.4 Å². The van der Waals surface area contributed by atoms with Crippen LogP contribution in [-0.2, 0) is 15.9 Å². The fraction of sp³-hybridized carbons (Fsp3) is 0.538. The Bertz CT molecular complexity index is 950. The van der Waals surface area contributed by atoms with Crippen LogP contribution >= 0.6 is 0 Å². The van der Waals surface area contributed by atoms with Gasteiger partial charge in [0.25, 0.3) is 0 Å². The molecular weight excluding hydrogens is 421 g/mol. The second kappa shape index (κ2) is 10.2. The van der Waals surface area contributed by atoms with Crippen LogP contribution in [0, 0.1) is 11.7 Å². The number of rotatable bonds is 6. The zero-order valence-electron chi connectivity index (χ0n) is 20.8. The number of hydrogen-bond donors (Lipinski definition) is 3. The zero-order valence-corrected chi connectivity index (χ0v) is 20.8. The van der Waals surface area contributed by atoms with Gasteiger partial charge in [0.2, 0.25) is 0 Å². The Hall–Kier alpha value is -2.51. The van der Waals surface area contributed by atoms with Crippen molar-refractivity contribution >= 4 is 6.09 Å². The third-order valence-corrected chi connectivity index (χ3v) is 5.51. The third kappa shape index (κ3) is 6.74. The van der Waals surface area contributed by atoms with Gasteiger partial charge in [0.05, 0.1) is 16.9 Å². The van der Waals surface area contributed by atoms with E-state index in [4.69, 9.17) is 15.5 Å². The summed E-state index contributed by atoms with van der Waals surface area (Å²) in [6, 6.07) is 9.62. The topological polar surface area (TPSA) is 97.5 Å². The van der Waals surface area contributed by atoms with E-state index in [1.54, 1.807) is 39.0 Å². The van der Waals surface area contributed by atoms with Crippen molar-refractivity contribution in [2.45, 2.75) is 78.0 Å². The lowest BCUT2D eigenvalue weighted by atomic mass is 9.87. The van der Waals surface area contributed by atoms with Crippen LogP contribution in [0.4, 0.5) is 9.18 Å². The Morgan fingerprint density at radius 3 is 2.21 bits per heavy atom. The molecule has 0 saturated heterocycles. The average molecular weight is 460 g/mol. The number of ether oxygens (including phenoxy) is 1. The Labute approximate surface area is 196 Å². The van der Waals surface area contributed by atoms with Crippen molar-refractivity contribution in [2.75, 3.05) is 6.54 Å². The van der Waals surface area contributed by atoms with Crippen molar-refractivity contribution in [1.29, 1.82) is 0 Å². The van der Waals surface area contributed by atoms with E-state index in [0.29, 0.717) is 17.0 Å². The van der Waals surface area contributed by atoms with Crippen LogP contribution < -0.4 is 11.1 Å². The molecule has 1 amide bonds. The van der Waals surface area contributed by atoms with Gasteiger partial charge in [-0.2, -0.15) is 0 Å². The molecule has 2 aromatic rings. The summed E-state index contributed by atoms with van der Waals surface area (Å²) in [5, 5.41) is 14.2. The maximum absolute atomic E-state index is 13.4. The predicted octanol–water partition coefficient (Wildman–Crippen LogP) is 5.23. The minimum absolute atomic E-state index is 0.0386. The predicted molar refractivity (Wildman–Crippen MR) is 129 cm³/mol. The number of carbonyl (C=O) groups excluding carboxylic acids is 1. The average Bonchev–Trinajstić information content (AvgIpc) is 3.59. The molecule has 33 heavy (non-hydrogen) atoms. The normalized spacial score (nSPS) is 15.7. The highest BCUT2D eigenvalue weighted by Gasteiger charge is 2.46. The molecule has 0 bridgehead atoms. The number of pyridine rings is 1. The van der Waals surface area contributed by atoms with Crippen molar-refractivity contribution in [3.8, 4) is 11.3 Å². The number of nitrogens with two attached hydrogens (primary N) is 1. The molecule has 1 aliphatic rings. The first-order chi connectivity index (χ1) is 15.3. The molecule has 1 aliphatic carbocycles. The van der Waals surface area contributed by atoms with Crippen molar-refractivity contribution in [2.24, 2.45) is 11.7 Å². The van der Waals surface area contributed by atoms with E-state index in [0.717, 1.165) is 18.4 Å². The van der Waals surface area contributed by atoms with Gasteiger partial charge in [-0.05, 0) is 95.3 Å². The van der Waals surface area contributed by atoms with Gasteiger partial charge in [0.1, 0.15) is 17.0 Å². The van der Waals surface area contributed by atoms with Gasteiger partial charge in [0.15, 0.2) is 0 Å². The zero-order chi connectivity index (χ0) is 25.0. The summed E-state index contributed by atoms with van der Waals surface area (Å²) in [6.07, 6.45) is 1.21. The molecule has 6 nitrogen and oxygen atoms in total.